The van der Waals surface area contributed by atoms with E-state index in [0.717, 1.165) is 6.07 Å². The Hall–Kier alpha value is -3.52. The van der Waals surface area contributed by atoms with Crippen LogP contribution < -0.4 is 5.73 Å². The number of benzene rings is 1. The molecule has 2 aliphatic rings. The highest BCUT2D eigenvalue weighted by Gasteiger charge is 2.71. The highest BCUT2D eigenvalue weighted by Crippen LogP contribution is 2.54. The SMILES string of the molecule is C[C@]1(c2cc(CC(=O)c3ccc(C#N)cn3)ccc2F)N=C(N)O[C@]2(C(F)(F)F)COC[C@H]12. The largest absolute Gasteiger partial charge is 0.446 e. The Labute approximate surface area is 185 Å². The van der Waals surface area contributed by atoms with Gasteiger partial charge in [0, 0.05) is 18.2 Å². The first-order valence-electron chi connectivity index (χ1n) is 9.87. The summed E-state index contributed by atoms with van der Waals surface area (Å²) in [5.41, 5.74) is 1.66. The van der Waals surface area contributed by atoms with E-state index in [9.17, 15) is 22.4 Å². The van der Waals surface area contributed by atoms with Crippen molar-refractivity contribution in [3.63, 3.8) is 0 Å². The number of nitrogens with two attached hydrogens (primary N) is 1. The molecule has 3 heterocycles. The maximum atomic E-state index is 14.9. The van der Waals surface area contributed by atoms with Crippen LogP contribution in [0.3, 0.4) is 0 Å². The summed E-state index contributed by atoms with van der Waals surface area (Å²) in [6.07, 6.45) is -3.79. The average molecular weight is 462 g/mol. The molecule has 1 fully saturated rings. The number of amidine groups is 1. The van der Waals surface area contributed by atoms with E-state index in [4.69, 9.17) is 20.5 Å². The minimum Gasteiger partial charge on any atom is -0.446 e. The number of nitrogens with zero attached hydrogens (tertiary/aromatic N) is 3. The van der Waals surface area contributed by atoms with Crippen LogP contribution in [-0.2, 0) is 21.4 Å². The first kappa shape index (κ1) is 22.7. The smallest absolute Gasteiger partial charge is 0.431 e. The van der Waals surface area contributed by atoms with Crippen LogP contribution in [0.15, 0.2) is 41.5 Å². The van der Waals surface area contributed by atoms with Gasteiger partial charge in [-0.1, -0.05) is 6.07 Å². The van der Waals surface area contributed by atoms with Crippen LogP contribution in [0.2, 0.25) is 0 Å². The van der Waals surface area contributed by atoms with Crippen molar-refractivity contribution in [3.8, 4) is 6.07 Å². The van der Waals surface area contributed by atoms with E-state index < -0.39 is 47.5 Å². The van der Waals surface area contributed by atoms with Crippen molar-refractivity contribution in [1.29, 1.82) is 5.26 Å². The summed E-state index contributed by atoms with van der Waals surface area (Å²) < 4.78 is 67.1. The van der Waals surface area contributed by atoms with E-state index in [2.05, 4.69) is 9.98 Å². The number of hydrogen-bond acceptors (Lipinski definition) is 7. The number of ketones is 1. The molecule has 3 atom stereocenters. The van der Waals surface area contributed by atoms with Crippen molar-refractivity contribution < 1.29 is 31.8 Å². The van der Waals surface area contributed by atoms with Gasteiger partial charge in [-0.3, -0.25) is 9.78 Å². The summed E-state index contributed by atoms with van der Waals surface area (Å²) in [7, 11) is 0. The highest BCUT2D eigenvalue weighted by molar-refractivity contribution is 5.95. The molecule has 1 saturated heterocycles. The van der Waals surface area contributed by atoms with Crippen molar-refractivity contribution in [2.24, 2.45) is 16.6 Å². The van der Waals surface area contributed by atoms with E-state index in [-0.39, 0.29) is 29.8 Å². The lowest BCUT2D eigenvalue weighted by Gasteiger charge is -2.46. The maximum Gasteiger partial charge on any atom is 0.431 e. The lowest BCUT2D eigenvalue weighted by atomic mass is 9.70. The third kappa shape index (κ3) is 3.70. The monoisotopic (exact) mass is 462 g/mol. The molecule has 172 valence electrons. The molecule has 0 unspecified atom stereocenters. The van der Waals surface area contributed by atoms with Gasteiger partial charge >= 0.3 is 6.18 Å². The lowest BCUT2D eigenvalue weighted by Crippen LogP contribution is -2.63. The molecule has 2 N–H and O–H groups in total. The summed E-state index contributed by atoms with van der Waals surface area (Å²) in [4.78, 5) is 20.6. The van der Waals surface area contributed by atoms with E-state index in [0.29, 0.717) is 5.56 Å². The second-order valence-electron chi connectivity index (χ2n) is 8.11. The zero-order valence-corrected chi connectivity index (χ0v) is 17.3. The van der Waals surface area contributed by atoms with Crippen molar-refractivity contribution in [3.05, 3.63) is 64.7 Å². The fraction of sp³-hybridized carbons (Fsp3) is 0.364. The number of pyridine rings is 1. The Morgan fingerprint density at radius 2 is 2.09 bits per heavy atom. The van der Waals surface area contributed by atoms with Gasteiger partial charge in [0.25, 0.3) is 6.02 Å². The molecule has 0 radical (unpaired) electrons. The number of Topliss-reactive ketones (excluding diaryl/α,β-unsaturated/α-hetero) is 1. The van der Waals surface area contributed by atoms with Crippen LogP contribution in [-0.4, -0.2) is 41.8 Å². The molecule has 1 aromatic heterocycles. The number of rotatable bonds is 4. The van der Waals surface area contributed by atoms with Gasteiger partial charge < -0.3 is 15.2 Å². The van der Waals surface area contributed by atoms with Crippen molar-refractivity contribution in [1.82, 2.24) is 4.98 Å². The first-order chi connectivity index (χ1) is 15.5. The van der Waals surface area contributed by atoms with Gasteiger partial charge in [0.2, 0.25) is 5.60 Å². The van der Waals surface area contributed by atoms with Crippen molar-refractivity contribution in [2.75, 3.05) is 13.2 Å². The van der Waals surface area contributed by atoms with Crippen LogP contribution in [0.4, 0.5) is 17.6 Å². The molecule has 2 aliphatic heterocycles. The Kier molecular flexibility index (Phi) is 5.36. The van der Waals surface area contributed by atoms with Crippen LogP contribution >= 0.6 is 0 Å². The summed E-state index contributed by atoms with van der Waals surface area (Å²) in [5, 5.41) is 8.84. The van der Waals surface area contributed by atoms with E-state index in [1.54, 1.807) is 0 Å². The van der Waals surface area contributed by atoms with Crippen molar-refractivity contribution >= 4 is 11.8 Å². The van der Waals surface area contributed by atoms with Crippen LogP contribution in [0.5, 0.6) is 0 Å². The summed E-state index contributed by atoms with van der Waals surface area (Å²) in [5.74, 6) is -2.62. The number of fused-ring (bicyclic) bond motifs is 1. The Balaban J connectivity index is 1.72. The standard InChI is InChI=1S/C22H18F4N4O3/c1-20(18-10-32-11-21(18,22(24,25)26)33-19(28)30-20)14-6-12(2-4-15(14)23)7-17(31)16-5-3-13(8-27)9-29-16/h2-6,9,18H,7,10-11H2,1H3,(H2,28,30)/t18-,20-,21-/m1/s1. The number of aromatic nitrogens is 1. The zero-order chi connectivity index (χ0) is 24.0. The fourth-order valence-corrected chi connectivity index (χ4v) is 4.35. The van der Waals surface area contributed by atoms with Gasteiger partial charge in [-0.15, -0.1) is 0 Å². The molecule has 11 heteroatoms. The van der Waals surface area contributed by atoms with Gasteiger partial charge in [0.1, 0.15) is 23.1 Å². The minimum atomic E-state index is -4.85. The van der Waals surface area contributed by atoms with Gasteiger partial charge in [-0.2, -0.15) is 18.4 Å². The third-order valence-corrected chi connectivity index (χ3v) is 6.07. The first-order valence-corrected chi connectivity index (χ1v) is 9.87. The van der Waals surface area contributed by atoms with E-state index >= 15 is 0 Å². The average Bonchev–Trinajstić information content (AvgIpc) is 3.21. The number of nitriles is 1. The normalized spacial score (nSPS) is 26.7. The quantitative estimate of drug-likeness (QED) is 0.553. The van der Waals surface area contributed by atoms with Crippen molar-refractivity contribution in [2.45, 2.75) is 30.7 Å². The van der Waals surface area contributed by atoms with Gasteiger partial charge in [0.05, 0.1) is 24.7 Å². The van der Waals surface area contributed by atoms with Crippen LogP contribution in [0, 0.1) is 23.1 Å². The maximum absolute atomic E-state index is 14.9. The Bertz CT molecular complexity index is 1180. The number of carbonyl (C=O) groups excluding carboxylic acids is 1. The topological polar surface area (TPSA) is 111 Å². The van der Waals surface area contributed by atoms with Gasteiger partial charge in [-0.05, 0) is 36.8 Å². The molecule has 1 aromatic carbocycles. The van der Waals surface area contributed by atoms with E-state index in [1.165, 1.54) is 37.4 Å². The summed E-state index contributed by atoms with van der Waals surface area (Å²) in [6.45, 7) is 0.177. The molecule has 0 saturated carbocycles. The number of aliphatic imine (C=N–C) groups is 1. The molecule has 7 nitrogen and oxygen atoms in total. The van der Waals surface area contributed by atoms with Crippen LogP contribution in [0.25, 0.3) is 0 Å². The number of carbonyl (C=O) groups is 1. The molecule has 0 amide bonds. The third-order valence-electron chi connectivity index (χ3n) is 6.07. The molecule has 0 bridgehead atoms. The Morgan fingerprint density at radius 3 is 2.73 bits per heavy atom. The Morgan fingerprint density at radius 1 is 1.33 bits per heavy atom. The summed E-state index contributed by atoms with van der Waals surface area (Å²) >= 11 is 0. The number of alkyl halides is 3. The van der Waals surface area contributed by atoms with Gasteiger partial charge in [-0.25, -0.2) is 9.38 Å². The lowest BCUT2D eigenvalue weighted by molar-refractivity contribution is -0.274. The zero-order valence-electron chi connectivity index (χ0n) is 17.3. The van der Waals surface area contributed by atoms with Gasteiger partial charge in [0.15, 0.2) is 5.78 Å². The molecule has 2 aromatic rings. The second-order valence-corrected chi connectivity index (χ2v) is 8.11. The minimum absolute atomic E-state index is 0.0969. The van der Waals surface area contributed by atoms with E-state index in [1.807, 2.05) is 6.07 Å². The number of halogens is 4. The molecule has 0 spiro atoms. The molecule has 33 heavy (non-hydrogen) atoms. The fourth-order valence-electron chi connectivity index (χ4n) is 4.35. The van der Waals surface area contributed by atoms with Crippen LogP contribution in [0.1, 0.15) is 34.1 Å². The predicted molar refractivity (Wildman–Crippen MR) is 107 cm³/mol. The second kappa shape index (κ2) is 7.81. The number of ether oxygens (including phenoxy) is 2. The molecule has 4 rings (SSSR count). The molecular formula is C22H18F4N4O3. The summed E-state index contributed by atoms with van der Waals surface area (Å²) in [6, 6.07) is 7.74. The highest BCUT2D eigenvalue weighted by atomic mass is 19.4. The molecule has 0 aliphatic carbocycles. The predicted octanol–water partition coefficient (Wildman–Crippen LogP) is 3.03. The number of hydrogen-bond donors (Lipinski definition) is 1. The molecular weight excluding hydrogens is 444 g/mol.